The fraction of sp³-hybridized carbons (Fsp3) is 0.143. The number of thioether (sulfide) groups is 1. The molecule has 0 unspecified atom stereocenters. The molecular weight excluding hydrogens is 470 g/mol. The number of carbonyl (C=O) groups is 2. The van der Waals surface area contributed by atoms with E-state index in [0.717, 1.165) is 55.2 Å². The van der Waals surface area contributed by atoms with Crippen molar-refractivity contribution in [1.82, 2.24) is 25.8 Å². The van der Waals surface area contributed by atoms with Crippen LogP contribution in [0.4, 0.5) is 0 Å². The van der Waals surface area contributed by atoms with Crippen molar-refractivity contribution in [3.05, 3.63) is 101 Å². The summed E-state index contributed by atoms with van der Waals surface area (Å²) in [6, 6.07) is 23.1. The third-order valence-corrected chi connectivity index (χ3v) is 7.04. The Morgan fingerprint density at radius 3 is 2.36 bits per heavy atom. The number of hydrazine groups is 1. The molecular formula is C28H25N5O2S. The van der Waals surface area contributed by atoms with Crippen LogP contribution in [-0.2, 0) is 17.0 Å². The maximum absolute atomic E-state index is 12.6. The van der Waals surface area contributed by atoms with Gasteiger partial charge in [-0.15, -0.1) is 0 Å². The molecule has 0 aliphatic heterocycles. The van der Waals surface area contributed by atoms with E-state index < -0.39 is 0 Å². The van der Waals surface area contributed by atoms with Gasteiger partial charge in [-0.2, -0.15) is 0 Å². The van der Waals surface area contributed by atoms with Crippen LogP contribution < -0.4 is 10.9 Å². The van der Waals surface area contributed by atoms with Crippen molar-refractivity contribution < 1.29 is 9.59 Å². The lowest BCUT2D eigenvalue weighted by Gasteiger charge is -2.13. The molecule has 0 spiro atoms. The number of para-hydroxylation sites is 3. The summed E-state index contributed by atoms with van der Waals surface area (Å²) in [5.41, 5.74) is 12.1. The normalized spacial score (nSPS) is 11.1. The fourth-order valence-electron chi connectivity index (χ4n) is 4.14. The maximum atomic E-state index is 12.6. The Hall–Kier alpha value is -4.17. The largest absolute Gasteiger partial charge is 0.333 e. The molecule has 7 nitrogen and oxygen atoms in total. The molecule has 0 aliphatic rings. The van der Waals surface area contributed by atoms with E-state index in [9.17, 15) is 9.59 Å². The summed E-state index contributed by atoms with van der Waals surface area (Å²) in [4.78, 5) is 37.6. The minimum absolute atomic E-state index is 0.133. The Morgan fingerprint density at radius 1 is 0.861 bits per heavy atom. The highest BCUT2D eigenvalue weighted by atomic mass is 32.2. The third kappa shape index (κ3) is 5.08. The first kappa shape index (κ1) is 23.6. The number of pyridine rings is 1. The number of aromatic amines is 1. The zero-order valence-corrected chi connectivity index (χ0v) is 20.8. The van der Waals surface area contributed by atoms with Crippen LogP contribution in [0.2, 0.25) is 0 Å². The molecule has 2 heterocycles. The van der Waals surface area contributed by atoms with Crippen molar-refractivity contribution in [3.8, 4) is 0 Å². The van der Waals surface area contributed by atoms with E-state index in [1.807, 2.05) is 74.5 Å². The van der Waals surface area contributed by atoms with E-state index in [4.69, 9.17) is 0 Å². The number of rotatable bonds is 6. The Morgan fingerprint density at radius 2 is 1.58 bits per heavy atom. The van der Waals surface area contributed by atoms with Crippen molar-refractivity contribution in [2.45, 2.75) is 31.2 Å². The lowest BCUT2D eigenvalue weighted by molar-refractivity contribution is -0.121. The fourth-order valence-corrected chi connectivity index (χ4v) is 4.98. The molecule has 5 rings (SSSR count). The second-order valence-corrected chi connectivity index (χ2v) is 9.51. The second kappa shape index (κ2) is 10.2. The van der Waals surface area contributed by atoms with Gasteiger partial charge in [0.25, 0.3) is 5.91 Å². The molecule has 3 N–H and O–H groups in total. The Bertz CT molecular complexity index is 1540. The van der Waals surface area contributed by atoms with Gasteiger partial charge in [-0.25, -0.2) is 4.98 Å². The first-order chi connectivity index (χ1) is 17.5. The van der Waals surface area contributed by atoms with Crippen molar-refractivity contribution >= 4 is 45.5 Å². The highest BCUT2D eigenvalue weighted by Gasteiger charge is 2.14. The molecule has 0 saturated carbocycles. The molecule has 0 saturated heterocycles. The average molecular weight is 496 g/mol. The number of amides is 2. The molecule has 180 valence electrons. The van der Waals surface area contributed by atoms with Gasteiger partial charge < -0.3 is 4.98 Å². The van der Waals surface area contributed by atoms with Gasteiger partial charge in [0.1, 0.15) is 0 Å². The Kier molecular flexibility index (Phi) is 6.69. The van der Waals surface area contributed by atoms with E-state index in [1.54, 1.807) is 23.9 Å². The number of nitrogens with zero attached hydrogens (tertiary/aromatic N) is 2. The molecule has 5 aromatic rings. The van der Waals surface area contributed by atoms with E-state index in [2.05, 4.69) is 25.8 Å². The average Bonchev–Trinajstić information content (AvgIpc) is 3.32. The number of imidazole rings is 1. The summed E-state index contributed by atoms with van der Waals surface area (Å²) >= 11 is 1.60. The van der Waals surface area contributed by atoms with Crippen LogP contribution in [0.1, 0.15) is 32.7 Å². The molecule has 0 aliphatic carbocycles. The molecule has 8 heteroatoms. The van der Waals surface area contributed by atoms with Crippen LogP contribution in [0.3, 0.4) is 0 Å². The third-order valence-electron chi connectivity index (χ3n) is 6.10. The van der Waals surface area contributed by atoms with E-state index in [1.165, 1.54) is 0 Å². The van der Waals surface area contributed by atoms with Crippen LogP contribution in [0.15, 0.2) is 78.0 Å². The minimum atomic E-state index is -0.370. The van der Waals surface area contributed by atoms with E-state index in [0.29, 0.717) is 5.56 Å². The number of benzene rings is 3. The molecule has 2 amide bonds. The van der Waals surface area contributed by atoms with Gasteiger partial charge in [-0.05, 0) is 60.9 Å². The van der Waals surface area contributed by atoms with Gasteiger partial charge in [-0.3, -0.25) is 25.4 Å². The standard InChI is InChI=1S/C28H25N5O2S/c1-17-21-7-3-4-8-23(21)29-18(2)22(17)15-26(34)32-33-27(35)20-13-11-19(12-14-20)16-36-28-30-24-9-5-6-10-25(24)31-28/h3-14H,15-16H2,1-2H3,(H,30,31)(H,32,34)(H,33,35). The monoisotopic (exact) mass is 495 g/mol. The van der Waals surface area contributed by atoms with Gasteiger partial charge in [0.15, 0.2) is 5.16 Å². The molecule has 0 bridgehead atoms. The highest BCUT2D eigenvalue weighted by molar-refractivity contribution is 7.98. The summed E-state index contributed by atoms with van der Waals surface area (Å²) in [5, 5.41) is 1.88. The number of fused-ring (bicyclic) bond motifs is 2. The summed E-state index contributed by atoms with van der Waals surface area (Å²) in [5.74, 6) is 0.0483. The zero-order chi connectivity index (χ0) is 25.1. The van der Waals surface area contributed by atoms with Gasteiger partial charge >= 0.3 is 0 Å². The summed E-state index contributed by atoms with van der Waals surface area (Å²) in [7, 11) is 0. The SMILES string of the molecule is Cc1nc2ccccc2c(C)c1CC(=O)NNC(=O)c1ccc(CSc2nc3ccccc3[nH]2)cc1. The van der Waals surface area contributed by atoms with Gasteiger partial charge in [0.05, 0.1) is 23.0 Å². The van der Waals surface area contributed by atoms with Crippen LogP contribution in [0, 0.1) is 13.8 Å². The topological polar surface area (TPSA) is 99.8 Å². The van der Waals surface area contributed by atoms with Gasteiger partial charge in [-0.1, -0.05) is 54.2 Å². The quantitative estimate of drug-likeness (QED) is 0.227. The molecule has 0 atom stereocenters. The summed E-state index contributed by atoms with van der Waals surface area (Å²) < 4.78 is 0. The van der Waals surface area contributed by atoms with Crippen LogP contribution in [0.5, 0.6) is 0 Å². The number of H-pyrrole nitrogens is 1. The Balaban J connectivity index is 1.15. The smallest absolute Gasteiger partial charge is 0.269 e. The van der Waals surface area contributed by atoms with Gasteiger partial charge in [0, 0.05) is 22.4 Å². The first-order valence-electron chi connectivity index (χ1n) is 11.6. The number of hydrogen-bond donors (Lipinski definition) is 3. The lowest BCUT2D eigenvalue weighted by atomic mass is 9.99. The minimum Gasteiger partial charge on any atom is -0.333 e. The summed E-state index contributed by atoms with van der Waals surface area (Å²) in [6.45, 7) is 3.89. The number of nitrogens with one attached hydrogen (secondary N) is 3. The molecule has 3 aromatic carbocycles. The van der Waals surface area contributed by atoms with Crippen LogP contribution in [0.25, 0.3) is 21.9 Å². The predicted octanol–water partition coefficient (Wildman–Crippen LogP) is 5.02. The van der Waals surface area contributed by atoms with E-state index in [-0.39, 0.29) is 18.2 Å². The van der Waals surface area contributed by atoms with Crippen LogP contribution in [-0.4, -0.2) is 26.8 Å². The number of aromatic nitrogens is 3. The number of carbonyl (C=O) groups excluding carboxylic acids is 2. The second-order valence-electron chi connectivity index (χ2n) is 8.54. The van der Waals surface area contributed by atoms with Crippen LogP contribution >= 0.6 is 11.8 Å². The van der Waals surface area contributed by atoms with Crippen molar-refractivity contribution in [1.29, 1.82) is 0 Å². The molecule has 36 heavy (non-hydrogen) atoms. The number of hydrogen-bond acceptors (Lipinski definition) is 5. The number of aryl methyl sites for hydroxylation is 2. The first-order valence-corrected chi connectivity index (χ1v) is 12.6. The predicted molar refractivity (Wildman–Crippen MR) is 143 cm³/mol. The lowest BCUT2D eigenvalue weighted by Crippen LogP contribution is -2.42. The Labute approximate surface area is 212 Å². The van der Waals surface area contributed by atoms with Gasteiger partial charge in [0.2, 0.25) is 5.91 Å². The molecule has 2 aromatic heterocycles. The van der Waals surface area contributed by atoms with Crippen molar-refractivity contribution in [2.75, 3.05) is 0 Å². The summed E-state index contributed by atoms with van der Waals surface area (Å²) in [6.07, 6.45) is 0.133. The molecule has 0 radical (unpaired) electrons. The maximum Gasteiger partial charge on any atom is 0.269 e. The zero-order valence-electron chi connectivity index (χ0n) is 20.0. The van der Waals surface area contributed by atoms with E-state index >= 15 is 0 Å². The van der Waals surface area contributed by atoms with Crippen molar-refractivity contribution in [3.63, 3.8) is 0 Å². The molecule has 0 fully saturated rings. The highest BCUT2D eigenvalue weighted by Crippen LogP contribution is 2.24. The van der Waals surface area contributed by atoms with Crippen molar-refractivity contribution in [2.24, 2.45) is 0 Å².